The van der Waals surface area contributed by atoms with E-state index in [2.05, 4.69) is 40.4 Å². The predicted molar refractivity (Wildman–Crippen MR) is 147 cm³/mol. The van der Waals surface area contributed by atoms with Crippen molar-refractivity contribution >= 4 is 16.9 Å². The second kappa shape index (κ2) is 10.3. The van der Waals surface area contributed by atoms with Gasteiger partial charge in [-0.25, -0.2) is 0 Å². The molecule has 198 valence electrons. The molecule has 2 bridgehead atoms. The highest BCUT2D eigenvalue weighted by Crippen LogP contribution is 2.55. The largest absolute Gasteiger partial charge is 0.504 e. The van der Waals surface area contributed by atoms with Gasteiger partial charge in [0.05, 0.1) is 6.10 Å². The number of benzene rings is 2. The number of aliphatic hydroxyl groups is 1. The van der Waals surface area contributed by atoms with Gasteiger partial charge < -0.3 is 37.1 Å². The number of rotatable bonds is 9. The van der Waals surface area contributed by atoms with Crippen LogP contribution in [0.1, 0.15) is 48.6 Å². The highest BCUT2D eigenvalue weighted by Gasteiger charge is 2.55. The number of nitrogens with zero attached hydrogens (tertiary/aromatic N) is 1. The van der Waals surface area contributed by atoms with Crippen LogP contribution in [0.4, 0.5) is 0 Å². The van der Waals surface area contributed by atoms with Crippen molar-refractivity contribution in [1.29, 1.82) is 0 Å². The quantitative estimate of drug-likeness (QED) is 0.103. The zero-order chi connectivity index (χ0) is 26.2. The smallest absolute Gasteiger partial charge is 0.185 e. The van der Waals surface area contributed by atoms with Crippen molar-refractivity contribution < 1.29 is 15.3 Å². The summed E-state index contributed by atoms with van der Waals surface area (Å²) in [6.07, 6.45) is 4.32. The summed E-state index contributed by atoms with van der Waals surface area (Å²) in [5, 5.41) is 38.5. The van der Waals surface area contributed by atoms with Gasteiger partial charge in [-0.1, -0.05) is 37.6 Å². The molecule has 5 rings (SSSR count). The van der Waals surface area contributed by atoms with Crippen LogP contribution in [0, 0.1) is 11.8 Å². The van der Waals surface area contributed by atoms with E-state index in [1.54, 1.807) is 6.07 Å². The van der Waals surface area contributed by atoms with E-state index >= 15 is 0 Å². The van der Waals surface area contributed by atoms with Crippen LogP contribution in [0.3, 0.4) is 0 Å². The normalized spacial score (nSPS) is 23.2. The van der Waals surface area contributed by atoms with Crippen molar-refractivity contribution in [2.24, 2.45) is 28.3 Å². The van der Waals surface area contributed by atoms with Crippen LogP contribution in [0.15, 0.2) is 41.4 Å². The molecule has 1 aromatic heterocycles. The second-order valence-electron chi connectivity index (χ2n) is 10.9. The lowest BCUT2D eigenvalue weighted by molar-refractivity contribution is -0.00873. The Bertz CT molecular complexity index is 1300. The minimum atomic E-state index is -0.742. The van der Waals surface area contributed by atoms with Gasteiger partial charge in [0.15, 0.2) is 17.5 Å². The van der Waals surface area contributed by atoms with Crippen LogP contribution < -0.4 is 16.8 Å². The Morgan fingerprint density at radius 2 is 1.95 bits per heavy atom. The van der Waals surface area contributed by atoms with Gasteiger partial charge in [-0.15, -0.1) is 0 Å². The first-order valence-electron chi connectivity index (χ1n) is 13.4. The number of phenols is 2. The molecule has 9 N–H and O–H groups in total. The fourth-order valence-electron chi connectivity index (χ4n) is 6.80. The van der Waals surface area contributed by atoms with Crippen LogP contribution in [-0.4, -0.2) is 52.0 Å². The molecule has 0 radical (unpaired) electrons. The number of hydrogen-bond donors (Lipinski definition) is 7. The number of aromatic hydroxyl groups is 2. The SMILES string of the molecule is C[C@H](CNCCCCCN=C(N)N)C12Cc3[nH]c4ccccc4c3CC(Cc3ccc(O)c(O)c31)C2O. The van der Waals surface area contributed by atoms with Crippen LogP contribution in [0.5, 0.6) is 11.5 Å². The Morgan fingerprint density at radius 3 is 2.76 bits per heavy atom. The molecule has 8 nitrogen and oxygen atoms in total. The third-order valence-electron chi connectivity index (χ3n) is 8.64. The summed E-state index contributed by atoms with van der Waals surface area (Å²) in [5.74, 6) is -0.0794. The molecule has 0 spiro atoms. The van der Waals surface area contributed by atoms with Crippen molar-refractivity contribution in [3.05, 3.63) is 58.8 Å². The van der Waals surface area contributed by atoms with E-state index in [1.807, 2.05) is 12.1 Å². The lowest BCUT2D eigenvalue weighted by Gasteiger charge is -2.49. The van der Waals surface area contributed by atoms with E-state index in [1.165, 1.54) is 10.9 Å². The third-order valence-corrected chi connectivity index (χ3v) is 8.64. The van der Waals surface area contributed by atoms with E-state index in [-0.39, 0.29) is 29.3 Å². The number of aromatic nitrogens is 1. The van der Waals surface area contributed by atoms with Crippen LogP contribution in [0.2, 0.25) is 0 Å². The molecule has 0 aliphatic heterocycles. The van der Waals surface area contributed by atoms with Crippen molar-refractivity contribution in [2.75, 3.05) is 19.6 Å². The average Bonchev–Trinajstić information content (AvgIpc) is 3.18. The molecular formula is C29H39N5O3. The molecular weight excluding hydrogens is 466 g/mol. The van der Waals surface area contributed by atoms with E-state index < -0.39 is 11.5 Å². The number of para-hydroxylation sites is 1. The molecule has 3 unspecified atom stereocenters. The van der Waals surface area contributed by atoms with Crippen molar-refractivity contribution in [2.45, 2.75) is 57.0 Å². The molecule has 0 amide bonds. The molecule has 4 atom stereocenters. The molecule has 2 aliphatic carbocycles. The van der Waals surface area contributed by atoms with E-state index in [0.717, 1.165) is 49.0 Å². The van der Waals surface area contributed by atoms with Crippen molar-refractivity contribution in [3.63, 3.8) is 0 Å². The minimum Gasteiger partial charge on any atom is -0.504 e. The number of hydrogen-bond acceptors (Lipinski definition) is 5. The van der Waals surface area contributed by atoms with Gasteiger partial charge in [-0.05, 0) is 73.9 Å². The Balaban J connectivity index is 1.44. The van der Waals surface area contributed by atoms with E-state index in [0.29, 0.717) is 31.5 Å². The molecule has 37 heavy (non-hydrogen) atoms. The summed E-state index contributed by atoms with van der Waals surface area (Å²) in [4.78, 5) is 7.66. The minimum absolute atomic E-state index is 0.00393. The summed E-state index contributed by atoms with van der Waals surface area (Å²) in [5.41, 5.74) is 15.2. The third kappa shape index (κ3) is 4.53. The number of nitrogens with two attached hydrogens (primary N) is 2. The summed E-state index contributed by atoms with van der Waals surface area (Å²) < 4.78 is 0. The van der Waals surface area contributed by atoms with E-state index in [4.69, 9.17) is 11.5 Å². The Labute approximate surface area is 217 Å². The Morgan fingerprint density at radius 1 is 1.14 bits per heavy atom. The molecule has 0 saturated heterocycles. The molecule has 1 heterocycles. The van der Waals surface area contributed by atoms with Crippen molar-refractivity contribution in [3.8, 4) is 11.5 Å². The topological polar surface area (TPSA) is 153 Å². The maximum absolute atomic E-state index is 12.0. The highest BCUT2D eigenvalue weighted by atomic mass is 16.3. The van der Waals surface area contributed by atoms with Gasteiger partial charge in [0, 0.05) is 40.5 Å². The monoisotopic (exact) mass is 505 g/mol. The number of nitrogens with one attached hydrogen (secondary N) is 2. The number of aliphatic imine (C=N–C) groups is 1. The maximum Gasteiger partial charge on any atom is 0.185 e. The summed E-state index contributed by atoms with van der Waals surface area (Å²) >= 11 is 0. The van der Waals surface area contributed by atoms with Crippen molar-refractivity contribution in [1.82, 2.24) is 10.3 Å². The van der Waals surface area contributed by atoms with Gasteiger partial charge in [0.25, 0.3) is 0 Å². The number of aliphatic hydroxyl groups excluding tert-OH is 1. The predicted octanol–water partition coefficient (Wildman–Crippen LogP) is 2.82. The van der Waals surface area contributed by atoms with Gasteiger partial charge in [-0.2, -0.15) is 0 Å². The Kier molecular flexibility index (Phi) is 7.05. The summed E-state index contributed by atoms with van der Waals surface area (Å²) in [7, 11) is 0. The van der Waals surface area contributed by atoms with E-state index in [9.17, 15) is 15.3 Å². The lowest BCUT2D eigenvalue weighted by Crippen LogP contribution is -2.55. The molecule has 3 aromatic rings. The van der Waals surface area contributed by atoms with Crippen LogP contribution in [-0.2, 0) is 24.7 Å². The first-order valence-corrected chi connectivity index (χ1v) is 13.4. The van der Waals surface area contributed by atoms with Gasteiger partial charge >= 0.3 is 0 Å². The molecule has 8 heteroatoms. The van der Waals surface area contributed by atoms with Crippen LogP contribution in [0.25, 0.3) is 10.9 Å². The number of H-pyrrole nitrogens is 1. The maximum atomic E-state index is 12.0. The molecule has 0 fully saturated rings. The second-order valence-corrected chi connectivity index (χ2v) is 10.9. The summed E-state index contributed by atoms with van der Waals surface area (Å²) in [6.45, 7) is 4.32. The molecule has 2 aliphatic rings. The number of fused-ring (bicyclic) bond motifs is 7. The fourth-order valence-corrected chi connectivity index (χ4v) is 6.80. The lowest BCUT2D eigenvalue weighted by atomic mass is 9.57. The molecule has 0 saturated carbocycles. The first-order chi connectivity index (χ1) is 17.8. The number of unbranched alkanes of at least 4 members (excludes halogenated alkanes) is 2. The zero-order valence-electron chi connectivity index (χ0n) is 21.5. The number of guanidine groups is 1. The molecule has 2 aromatic carbocycles. The Hall–Kier alpha value is -3.23. The first kappa shape index (κ1) is 25.4. The number of aromatic amines is 1. The average molecular weight is 506 g/mol. The zero-order valence-corrected chi connectivity index (χ0v) is 21.5. The number of phenolic OH excluding ortho intramolecular Hbond substituents is 2. The van der Waals surface area contributed by atoms with Gasteiger partial charge in [0.2, 0.25) is 0 Å². The van der Waals surface area contributed by atoms with Gasteiger partial charge in [-0.3, -0.25) is 4.99 Å². The summed E-state index contributed by atoms with van der Waals surface area (Å²) in [6, 6.07) is 11.8. The standard InChI is InChI=1S/C29H39N5O3/c1-17(16-32-11-5-2-6-12-33-28(30)31)29-15-23-21(20-7-3-4-8-22(20)34-23)14-19(27(29)37)13-18-9-10-24(35)26(36)25(18)29/h3-4,7-10,17,19,27,32,34-37H,2,5-6,11-16H2,1H3,(H4,30,31,33)/t17-,19?,27?,29?/m1/s1. The fraction of sp³-hybridized carbons (Fsp3) is 0.483. The van der Waals surface area contributed by atoms with Crippen LogP contribution >= 0.6 is 0 Å². The highest BCUT2D eigenvalue weighted by molar-refractivity contribution is 5.85. The van der Waals surface area contributed by atoms with Gasteiger partial charge in [0.1, 0.15) is 0 Å².